The second kappa shape index (κ2) is 5.55. The van der Waals surface area contributed by atoms with Gasteiger partial charge in [0, 0.05) is 17.8 Å². The van der Waals surface area contributed by atoms with Crippen LogP contribution in [0.3, 0.4) is 0 Å². The van der Waals surface area contributed by atoms with Gasteiger partial charge in [0.15, 0.2) is 5.58 Å². The summed E-state index contributed by atoms with van der Waals surface area (Å²) in [5, 5.41) is 2.74. The van der Waals surface area contributed by atoms with Crippen LogP contribution in [0.1, 0.15) is 34.8 Å². The Balaban J connectivity index is 1.79. The van der Waals surface area contributed by atoms with Gasteiger partial charge in [-0.15, -0.1) is 0 Å². The fourth-order valence-corrected chi connectivity index (χ4v) is 2.06. The van der Waals surface area contributed by atoms with Gasteiger partial charge in [-0.05, 0) is 31.5 Å². The van der Waals surface area contributed by atoms with E-state index in [1.165, 1.54) is 6.07 Å². The molecule has 2 heterocycles. The molecule has 1 N–H and O–H groups in total. The van der Waals surface area contributed by atoms with Gasteiger partial charge in [-0.1, -0.05) is 6.07 Å². The van der Waals surface area contributed by atoms with Gasteiger partial charge in [-0.25, -0.2) is 9.37 Å². The van der Waals surface area contributed by atoms with E-state index in [9.17, 15) is 9.18 Å². The number of benzene rings is 1. The van der Waals surface area contributed by atoms with Crippen LogP contribution in [0, 0.1) is 12.7 Å². The molecule has 3 aromatic rings. The van der Waals surface area contributed by atoms with E-state index in [0.29, 0.717) is 22.6 Å². The maximum Gasteiger partial charge on any atom is 0.252 e. The van der Waals surface area contributed by atoms with Crippen LogP contribution in [0.2, 0.25) is 0 Å². The summed E-state index contributed by atoms with van der Waals surface area (Å²) in [6.45, 7) is 3.40. The molecule has 0 aliphatic heterocycles. The maximum atomic E-state index is 13.5. The predicted octanol–water partition coefficient (Wildman–Crippen LogP) is 3.16. The second-order valence-electron chi connectivity index (χ2n) is 5.05. The van der Waals surface area contributed by atoms with Crippen LogP contribution in [0.5, 0.6) is 0 Å². The second-order valence-corrected chi connectivity index (χ2v) is 5.05. The van der Waals surface area contributed by atoms with Gasteiger partial charge in [-0.3, -0.25) is 9.78 Å². The van der Waals surface area contributed by atoms with Crippen molar-refractivity contribution in [2.75, 3.05) is 0 Å². The molecule has 0 saturated carbocycles. The monoisotopic (exact) mass is 299 g/mol. The Hall–Kier alpha value is -2.76. The zero-order chi connectivity index (χ0) is 15.7. The van der Waals surface area contributed by atoms with Crippen LogP contribution in [-0.2, 0) is 0 Å². The highest BCUT2D eigenvalue weighted by Crippen LogP contribution is 2.19. The smallest absolute Gasteiger partial charge is 0.252 e. The molecule has 112 valence electrons. The third kappa shape index (κ3) is 2.67. The normalized spacial score (nSPS) is 12.3. The molecule has 6 heteroatoms. The van der Waals surface area contributed by atoms with Crippen molar-refractivity contribution in [3.8, 4) is 0 Å². The van der Waals surface area contributed by atoms with Crippen molar-refractivity contribution >= 4 is 17.0 Å². The molecule has 0 unspecified atom stereocenters. The van der Waals surface area contributed by atoms with Gasteiger partial charge in [0.05, 0.1) is 6.20 Å². The summed E-state index contributed by atoms with van der Waals surface area (Å²) < 4.78 is 19.1. The zero-order valence-electron chi connectivity index (χ0n) is 12.1. The fourth-order valence-electron chi connectivity index (χ4n) is 2.06. The first-order valence-electron chi connectivity index (χ1n) is 6.82. The van der Waals surface area contributed by atoms with E-state index in [-0.39, 0.29) is 11.5 Å². The Morgan fingerprint density at radius 3 is 2.91 bits per heavy atom. The van der Waals surface area contributed by atoms with Gasteiger partial charge in [0.25, 0.3) is 5.91 Å². The summed E-state index contributed by atoms with van der Waals surface area (Å²) in [4.78, 5) is 20.4. The Labute approximate surface area is 126 Å². The first-order chi connectivity index (χ1) is 10.5. The molecule has 1 amide bonds. The number of amides is 1. The van der Waals surface area contributed by atoms with E-state index in [2.05, 4.69) is 15.3 Å². The lowest BCUT2D eigenvalue weighted by Gasteiger charge is -2.10. The summed E-state index contributed by atoms with van der Waals surface area (Å²) in [6.07, 6.45) is 3.20. The average molecular weight is 299 g/mol. The highest BCUT2D eigenvalue weighted by atomic mass is 19.1. The molecule has 0 fully saturated rings. The minimum absolute atomic E-state index is 0.257. The van der Waals surface area contributed by atoms with E-state index >= 15 is 0 Å². The van der Waals surface area contributed by atoms with Crippen LogP contribution in [0.25, 0.3) is 11.1 Å². The molecule has 0 spiro atoms. The van der Waals surface area contributed by atoms with Crippen molar-refractivity contribution in [2.45, 2.75) is 19.9 Å². The summed E-state index contributed by atoms with van der Waals surface area (Å²) in [5.41, 5.74) is 1.98. The first kappa shape index (κ1) is 14.2. The highest BCUT2D eigenvalue weighted by Gasteiger charge is 2.17. The molecule has 22 heavy (non-hydrogen) atoms. The molecular formula is C16H14FN3O2. The van der Waals surface area contributed by atoms with Crippen molar-refractivity contribution in [2.24, 2.45) is 0 Å². The minimum atomic E-state index is -0.440. The van der Waals surface area contributed by atoms with E-state index in [1.54, 1.807) is 44.4 Å². The molecular weight excluding hydrogens is 285 g/mol. The van der Waals surface area contributed by atoms with Crippen LogP contribution < -0.4 is 5.32 Å². The molecule has 1 aromatic carbocycles. The average Bonchev–Trinajstić information content (AvgIpc) is 2.94. The van der Waals surface area contributed by atoms with Crippen molar-refractivity contribution in [3.63, 3.8) is 0 Å². The number of carbonyl (C=O) groups is 1. The predicted molar refractivity (Wildman–Crippen MR) is 78.8 cm³/mol. The van der Waals surface area contributed by atoms with Crippen LogP contribution >= 0.6 is 0 Å². The fraction of sp³-hybridized carbons (Fsp3) is 0.188. The largest absolute Gasteiger partial charge is 0.438 e. The van der Waals surface area contributed by atoms with E-state index < -0.39 is 11.9 Å². The van der Waals surface area contributed by atoms with Crippen molar-refractivity contribution in [1.82, 2.24) is 15.3 Å². The molecule has 0 aliphatic rings. The van der Waals surface area contributed by atoms with Crippen molar-refractivity contribution in [3.05, 3.63) is 59.5 Å². The number of carbonyl (C=O) groups excluding carboxylic acids is 1. The minimum Gasteiger partial charge on any atom is -0.438 e. The Morgan fingerprint density at radius 1 is 1.36 bits per heavy atom. The summed E-state index contributed by atoms with van der Waals surface area (Å²) in [7, 11) is 0. The lowest BCUT2D eigenvalue weighted by atomic mass is 10.1. The van der Waals surface area contributed by atoms with Crippen molar-refractivity contribution < 1.29 is 13.6 Å². The maximum absolute atomic E-state index is 13.5. The zero-order valence-corrected chi connectivity index (χ0v) is 12.1. The van der Waals surface area contributed by atoms with Crippen molar-refractivity contribution in [1.29, 1.82) is 0 Å². The number of nitrogens with zero attached hydrogens (tertiary/aromatic N) is 2. The molecule has 0 aliphatic carbocycles. The molecule has 1 atom stereocenters. The Morgan fingerprint density at radius 2 is 2.18 bits per heavy atom. The molecule has 5 nitrogen and oxygen atoms in total. The molecule has 3 rings (SSSR count). The van der Waals surface area contributed by atoms with Gasteiger partial charge < -0.3 is 9.73 Å². The number of hydrogen-bond donors (Lipinski definition) is 1. The van der Waals surface area contributed by atoms with Gasteiger partial charge in [-0.2, -0.15) is 0 Å². The van der Waals surface area contributed by atoms with E-state index in [0.717, 1.165) is 0 Å². The van der Waals surface area contributed by atoms with Gasteiger partial charge in [0.1, 0.15) is 17.4 Å². The third-order valence-electron chi connectivity index (χ3n) is 3.36. The number of rotatable bonds is 3. The standard InChI is InChI=1S/C16H14FN3O2/c1-9-3-4-11(7-12(9)17)15(21)19-10(2)16-20-13-8-18-6-5-14(13)22-16/h3-8,10H,1-2H3,(H,19,21)/t10-/m0/s1. The lowest BCUT2D eigenvalue weighted by Crippen LogP contribution is -2.26. The van der Waals surface area contributed by atoms with Crippen LogP contribution in [0.4, 0.5) is 4.39 Å². The first-order valence-corrected chi connectivity index (χ1v) is 6.82. The number of nitrogens with one attached hydrogen (secondary N) is 1. The summed E-state index contributed by atoms with van der Waals surface area (Å²) in [5.74, 6) is -0.413. The van der Waals surface area contributed by atoms with E-state index in [4.69, 9.17) is 4.42 Å². The quantitative estimate of drug-likeness (QED) is 0.806. The highest BCUT2D eigenvalue weighted by molar-refractivity contribution is 5.94. The van der Waals surface area contributed by atoms with Gasteiger partial charge >= 0.3 is 0 Å². The number of fused-ring (bicyclic) bond motifs is 1. The number of aryl methyl sites for hydroxylation is 1. The van der Waals surface area contributed by atoms with Crippen LogP contribution in [-0.4, -0.2) is 15.9 Å². The lowest BCUT2D eigenvalue weighted by molar-refractivity contribution is 0.0934. The SMILES string of the molecule is Cc1ccc(C(=O)N[C@@H](C)c2nc3cnccc3o2)cc1F. The number of aromatic nitrogens is 2. The number of hydrogen-bond acceptors (Lipinski definition) is 4. The van der Waals surface area contributed by atoms with E-state index in [1.807, 2.05) is 0 Å². The Kier molecular flexibility index (Phi) is 3.58. The molecule has 0 saturated heterocycles. The topological polar surface area (TPSA) is 68.0 Å². The third-order valence-corrected chi connectivity index (χ3v) is 3.36. The molecule has 2 aromatic heterocycles. The molecule has 0 bridgehead atoms. The van der Waals surface area contributed by atoms with Crippen LogP contribution in [0.15, 0.2) is 41.1 Å². The number of oxazole rings is 1. The summed E-state index contributed by atoms with van der Waals surface area (Å²) >= 11 is 0. The summed E-state index contributed by atoms with van der Waals surface area (Å²) in [6, 6.07) is 5.63. The Bertz CT molecular complexity index is 811. The number of halogens is 1. The number of pyridine rings is 1. The van der Waals surface area contributed by atoms with Gasteiger partial charge in [0.2, 0.25) is 5.89 Å². The molecule has 0 radical (unpaired) electrons.